The number of aromatic nitrogens is 2. The van der Waals surface area contributed by atoms with Crippen molar-refractivity contribution in [2.24, 2.45) is 0 Å². The van der Waals surface area contributed by atoms with Crippen LogP contribution >= 0.6 is 0 Å². The first-order valence-corrected chi connectivity index (χ1v) is 5.12. The highest BCUT2D eigenvalue weighted by molar-refractivity contribution is 6.02. The highest BCUT2D eigenvalue weighted by atomic mass is 19.2. The van der Waals surface area contributed by atoms with E-state index >= 15 is 0 Å². The Morgan fingerprint density at radius 2 is 2.00 bits per heavy atom. The fraction of sp³-hybridized carbons (Fsp3) is 0.0833. The molecule has 4 nitrogen and oxygen atoms in total. The van der Waals surface area contributed by atoms with Gasteiger partial charge >= 0.3 is 0 Å². The molecule has 0 aliphatic carbocycles. The van der Waals surface area contributed by atoms with E-state index in [1.54, 1.807) is 6.92 Å². The molecule has 1 heterocycles. The van der Waals surface area contributed by atoms with Crippen LogP contribution < -0.4 is 5.32 Å². The lowest BCUT2D eigenvalue weighted by Gasteiger charge is -2.06. The summed E-state index contributed by atoms with van der Waals surface area (Å²) in [5.41, 5.74) is 0.454. The van der Waals surface area contributed by atoms with Crippen molar-refractivity contribution in [3.05, 3.63) is 53.6 Å². The van der Waals surface area contributed by atoms with E-state index in [0.717, 1.165) is 6.07 Å². The molecular formula is C12H9F2N3O. The van der Waals surface area contributed by atoms with Crippen LogP contribution in [0.4, 0.5) is 14.5 Å². The molecule has 0 saturated carbocycles. The van der Waals surface area contributed by atoms with Crippen LogP contribution in [0.1, 0.15) is 16.2 Å². The molecule has 1 amide bonds. The zero-order chi connectivity index (χ0) is 13.1. The summed E-state index contributed by atoms with van der Waals surface area (Å²) in [4.78, 5) is 19.4. The molecule has 1 aromatic heterocycles. The standard InChI is InChI=1S/C12H9F2N3O/c1-7-5-16-10(6-15-7)12(18)17-9-4-2-3-8(13)11(9)14/h2-6H,1H3,(H,17,18). The number of aryl methyl sites for hydroxylation is 1. The van der Waals surface area contributed by atoms with Crippen LogP contribution in [0, 0.1) is 18.6 Å². The third-order valence-corrected chi connectivity index (χ3v) is 2.21. The van der Waals surface area contributed by atoms with E-state index in [1.165, 1.54) is 24.5 Å². The predicted octanol–water partition coefficient (Wildman–Crippen LogP) is 2.32. The zero-order valence-corrected chi connectivity index (χ0v) is 9.45. The minimum Gasteiger partial charge on any atom is -0.318 e. The van der Waals surface area contributed by atoms with Crippen LogP contribution in [0.5, 0.6) is 0 Å². The van der Waals surface area contributed by atoms with Gasteiger partial charge in [0, 0.05) is 6.20 Å². The summed E-state index contributed by atoms with van der Waals surface area (Å²) < 4.78 is 26.2. The Hall–Kier alpha value is -2.37. The van der Waals surface area contributed by atoms with Crippen LogP contribution in [-0.4, -0.2) is 15.9 Å². The van der Waals surface area contributed by atoms with Crippen LogP contribution in [-0.2, 0) is 0 Å². The molecule has 0 spiro atoms. The van der Waals surface area contributed by atoms with Gasteiger partial charge in [-0.2, -0.15) is 0 Å². The van der Waals surface area contributed by atoms with Gasteiger partial charge < -0.3 is 5.32 Å². The largest absolute Gasteiger partial charge is 0.318 e. The molecule has 2 aromatic rings. The molecule has 18 heavy (non-hydrogen) atoms. The van der Waals surface area contributed by atoms with Gasteiger partial charge in [-0.1, -0.05) is 6.07 Å². The quantitative estimate of drug-likeness (QED) is 0.888. The van der Waals surface area contributed by atoms with Gasteiger partial charge in [0.1, 0.15) is 5.69 Å². The van der Waals surface area contributed by atoms with Gasteiger partial charge in [0.15, 0.2) is 11.6 Å². The maximum atomic E-state index is 13.3. The molecular weight excluding hydrogens is 240 g/mol. The van der Waals surface area contributed by atoms with Gasteiger partial charge in [0.2, 0.25) is 0 Å². The Balaban J connectivity index is 2.21. The van der Waals surface area contributed by atoms with Crippen molar-refractivity contribution in [2.45, 2.75) is 6.92 Å². The zero-order valence-electron chi connectivity index (χ0n) is 9.45. The summed E-state index contributed by atoms with van der Waals surface area (Å²) in [6.07, 6.45) is 2.68. The fourth-order valence-corrected chi connectivity index (χ4v) is 1.30. The number of nitrogens with zero attached hydrogens (tertiary/aromatic N) is 2. The summed E-state index contributed by atoms with van der Waals surface area (Å²) >= 11 is 0. The van der Waals surface area contributed by atoms with E-state index in [0.29, 0.717) is 5.69 Å². The predicted molar refractivity (Wildman–Crippen MR) is 61.1 cm³/mol. The Morgan fingerprint density at radius 1 is 1.22 bits per heavy atom. The van der Waals surface area contributed by atoms with Crippen molar-refractivity contribution >= 4 is 11.6 Å². The van der Waals surface area contributed by atoms with Crippen LogP contribution in [0.25, 0.3) is 0 Å². The molecule has 92 valence electrons. The first-order valence-electron chi connectivity index (χ1n) is 5.12. The first-order chi connectivity index (χ1) is 8.58. The Kier molecular flexibility index (Phi) is 3.27. The summed E-state index contributed by atoms with van der Waals surface area (Å²) in [6.45, 7) is 1.72. The van der Waals surface area contributed by atoms with Crippen molar-refractivity contribution in [3.8, 4) is 0 Å². The molecule has 6 heteroatoms. The second kappa shape index (κ2) is 4.87. The summed E-state index contributed by atoms with van der Waals surface area (Å²) in [6, 6.07) is 3.53. The second-order valence-corrected chi connectivity index (χ2v) is 3.60. The minimum atomic E-state index is -1.11. The smallest absolute Gasteiger partial charge is 0.275 e. The van der Waals surface area contributed by atoms with Crippen LogP contribution in [0.2, 0.25) is 0 Å². The molecule has 0 unspecified atom stereocenters. The van der Waals surface area contributed by atoms with Crippen molar-refractivity contribution < 1.29 is 13.6 Å². The molecule has 0 radical (unpaired) electrons. The van der Waals surface area contributed by atoms with E-state index < -0.39 is 17.5 Å². The Bertz CT molecular complexity index is 584. The first kappa shape index (κ1) is 12.1. The number of benzene rings is 1. The monoisotopic (exact) mass is 249 g/mol. The van der Waals surface area contributed by atoms with Crippen molar-refractivity contribution in [1.29, 1.82) is 0 Å². The second-order valence-electron chi connectivity index (χ2n) is 3.60. The highest BCUT2D eigenvalue weighted by Gasteiger charge is 2.13. The van der Waals surface area contributed by atoms with E-state index in [9.17, 15) is 13.6 Å². The normalized spacial score (nSPS) is 10.2. The molecule has 0 saturated heterocycles. The van der Waals surface area contributed by atoms with Gasteiger partial charge in [-0.3, -0.25) is 9.78 Å². The topological polar surface area (TPSA) is 54.9 Å². The van der Waals surface area contributed by atoms with Gasteiger partial charge in [-0.25, -0.2) is 13.8 Å². The van der Waals surface area contributed by atoms with Gasteiger partial charge in [0.05, 0.1) is 17.6 Å². The fourth-order valence-electron chi connectivity index (χ4n) is 1.30. The van der Waals surface area contributed by atoms with Crippen molar-refractivity contribution in [3.63, 3.8) is 0 Å². The van der Waals surface area contributed by atoms with E-state index in [-0.39, 0.29) is 11.4 Å². The van der Waals surface area contributed by atoms with Crippen molar-refractivity contribution in [1.82, 2.24) is 9.97 Å². The molecule has 0 aliphatic heterocycles. The van der Waals surface area contributed by atoms with E-state index in [2.05, 4.69) is 15.3 Å². The van der Waals surface area contributed by atoms with E-state index in [4.69, 9.17) is 0 Å². The number of carbonyl (C=O) groups excluding carboxylic acids is 1. The Morgan fingerprint density at radius 3 is 2.67 bits per heavy atom. The van der Waals surface area contributed by atoms with Crippen LogP contribution in [0.15, 0.2) is 30.6 Å². The highest BCUT2D eigenvalue weighted by Crippen LogP contribution is 2.17. The molecule has 0 atom stereocenters. The molecule has 0 aliphatic rings. The lowest BCUT2D eigenvalue weighted by Crippen LogP contribution is -2.15. The molecule has 0 fully saturated rings. The third-order valence-electron chi connectivity index (χ3n) is 2.21. The number of halogens is 2. The average Bonchev–Trinajstić information content (AvgIpc) is 2.36. The average molecular weight is 249 g/mol. The number of nitrogens with one attached hydrogen (secondary N) is 1. The summed E-state index contributed by atoms with van der Waals surface area (Å²) in [5.74, 6) is -2.78. The van der Waals surface area contributed by atoms with E-state index in [1.807, 2.05) is 0 Å². The van der Waals surface area contributed by atoms with Gasteiger partial charge in [0.25, 0.3) is 5.91 Å². The number of anilines is 1. The van der Waals surface area contributed by atoms with Crippen molar-refractivity contribution in [2.75, 3.05) is 5.32 Å². The maximum Gasteiger partial charge on any atom is 0.275 e. The number of amides is 1. The Labute approximate surface area is 102 Å². The minimum absolute atomic E-state index is 0.0317. The molecule has 0 bridgehead atoms. The summed E-state index contributed by atoms with van der Waals surface area (Å²) in [7, 11) is 0. The van der Waals surface area contributed by atoms with Crippen LogP contribution in [0.3, 0.4) is 0 Å². The number of rotatable bonds is 2. The number of carbonyl (C=O) groups is 1. The number of hydrogen-bond acceptors (Lipinski definition) is 3. The maximum absolute atomic E-state index is 13.3. The SMILES string of the molecule is Cc1cnc(C(=O)Nc2cccc(F)c2F)cn1. The molecule has 2 rings (SSSR count). The molecule has 1 N–H and O–H groups in total. The summed E-state index contributed by atoms with van der Waals surface area (Å²) in [5, 5.41) is 2.23. The molecule has 1 aromatic carbocycles. The van der Waals surface area contributed by atoms with Gasteiger partial charge in [-0.05, 0) is 19.1 Å². The van der Waals surface area contributed by atoms with Gasteiger partial charge in [-0.15, -0.1) is 0 Å². The number of hydrogen-bond donors (Lipinski definition) is 1. The lowest BCUT2D eigenvalue weighted by atomic mass is 10.3. The third kappa shape index (κ3) is 2.48. The lowest BCUT2D eigenvalue weighted by molar-refractivity contribution is 0.102.